The number of aryl methyl sites for hydroxylation is 1. The van der Waals surface area contributed by atoms with Crippen molar-refractivity contribution in [2.45, 2.75) is 66.8 Å². The van der Waals surface area contributed by atoms with E-state index in [0.29, 0.717) is 35.9 Å². The van der Waals surface area contributed by atoms with Crippen LogP contribution in [0.5, 0.6) is 0 Å². The first-order valence-corrected chi connectivity index (χ1v) is 11.6. The van der Waals surface area contributed by atoms with Gasteiger partial charge >= 0.3 is 18.0 Å². The van der Waals surface area contributed by atoms with Gasteiger partial charge in [-0.1, -0.05) is 38.1 Å². The van der Waals surface area contributed by atoms with Crippen LogP contribution in [-0.4, -0.2) is 34.1 Å². The molecule has 3 unspecified atom stereocenters. The SMILES string of the molecule is CC.O=S(c1ccccc1)C12CCNC1CCc1nc(C(F)(C(F)(F)F)C(F)(F)F)ccc12. The van der Waals surface area contributed by atoms with Gasteiger partial charge in [0.25, 0.3) is 0 Å². The normalized spacial score (nSPS) is 23.7. The Bertz CT molecular complexity index is 996. The van der Waals surface area contributed by atoms with E-state index in [0.717, 1.165) is 6.07 Å². The van der Waals surface area contributed by atoms with E-state index in [2.05, 4.69) is 10.3 Å². The molecule has 3 atom stereocenters. The molecule has 1 N–H and O–H groups in total. The molecule has 0 spiro atoms. The maximum Gasteiger partial charge on any atom is 0.437 e. The summed E-state index contributed by atoms with van der Waals surface area (Å²) >= 11 is 0. The number of pyridine rings is 1. The third-order valence-electron chi connectivity index (χ3n) is 5.97. The Morgan fingerprint density at radius 2 is 1.58 bits per heavy atom. The summed E-state index contributed by atoms with van der Waals surface area (Å²) in [6.07, 6.45) is -11.8. The maximum atomic E-state index is 14.5. The zero-order chi connectivity index (χ0) is 24.7. The first-order chi connectivity index (χ1) is 15.4. The van der Waals surface area contributed by atoms with E-state index in [-0.39, 0.29) is 18.2 Å². The van der Waals surface area contributed by atoms with Gasteiger partial charge in [-0.2, -0.15) is 26.3 Å². The summed E-state index contributed by atoms with van der Waals surface area (Å²) < 4.78 is 106. The molecule has 1 fully saturated rings. The summed E-state index contributed by atoms with van der Waals surface area (Å²) in [6.45, 7) is 4.47. The van der Waals surface area contributed by atoms with Crippen molar-refractivity contribution in [1.29, 1.82) is 0 Å². The molecule has 1 aromatic carbocycles. The molecule has 1 aromatic heterocycles. The van der Waals surface area contributed by atoms with Gasteiger partial charge < -0.3 is 5.32 Å². The van der Waals surface area contributed by atoms with E-state index in [1.807, 2.05) is 13.8 Å². The number of halogens is 7. The van der Waals surface area contributed by atoms with Crippen LogP contribution in [0.4, 0.5) is 30.7 Å². The van der Waals surface area contributed by atoms with Gasteiger partial charge in [-0.15, -0.1) is 0 Å². The maximum absolute atomic E-state index is 14.5. The van der Waals surface area contributed by atoms with E-state index >= 15 is 0 Å². The van der Waals surface area contributed by atoms with Gasteiger partial charge in [0.05, 0.1) is 21.2 Å². The van der Waals surface area contributed by atoms with E-state index in [1.54, 1.807) is 30.3 Å². The monoisotopic (exact) mass is 496 g/mol. The minimum atomic E-state index is -6.23. The molecule has 2 heterocycles. The Morgan fingerprint density at radius 1 is 0.970 bits per heavy atom. The van der Waals surface area contributed by atoms with Gasteiger partial charge in [0.2, 0.25) is 0 Å². The van der Waals surface area contributed by atoms with Gasteiger partial charge in [-0.3, -0.25) is 9.19 Å². The number of nitrogens with zero attached hydrogens (tertiary/aromatic N) is 1. The number of hydrogen-bond donors (Lipinski definition) is 1. The number of fused-ring (bicyclic) bond motifs is 3. The lowest BCUT2D eigenvalue weighted by Crippen LogP contribution is -2.52. The number of hydrogen-bond acceptors (Lipinski definition) is 3. The first-order valence-electron chi connectivity index (χ1n) is 10.5. The third kappa shape index (κ3) is 3.96. The molecule has 4 rings (SSSR count). The second-order valence-electron chi connectivity index (χ2n) is 7.61. The van der Waals surface area contributed by atoms with Crippen LogP contribution in [-0.2, 0) is 27.6 Å². The molecule has 3 nitrogen and oxygen atoms in total. The third-order valence-corrected chi connectivity index (χ3v) is 8.04. The van der Waals surface area contributed by atoms with Gasteiger partial charge in [-0.05, 0) is 49.6 Å². The van der Waals surface area contributed by atoms with E-state index < -0.39 is 39.3 Å². The zero-order valence-electron chi connectivity index (χ0n) is 17.9. The molecular weight excluding hydrogens is 473 g/mol. The predicted molar refractivity (Wildman–Crippen MR) is 110 cm³/mol. The summed E-state index contributed by atoms with van der Waals surface area (Å²) in [5.41, 5.74) is -7.13. The fraction of sp³-hybridized carbons (Fsp3) is 0.500. The lowest BCUT2D eigenvalue weighted by Gasteiger charge is -2.40. The van der Waals surface area contributed by atoms with Crippen LogP contribution >= 0.6 is 0 Å². The second kappa shape index (κ2) is 8.98. The van der Waals surface area contributed by atoms with E-state index in [4.69, 9.17) is 0 Å². The van der Waals surface area contributed by atoms with Crippen LogP contribution in [0, 0.1) is 0 Å². The minimum Gasteiger partial charge on any atom is -0.312 e. The second-order valence-corrected chi connectivity index (χ2v) is 9.35. The van der Waals surface area contributed by atoms with Crippen LogP contribution in [0.15, 0.2) is 47.4 Å². The van der Waals surface area contributed by atoms with Crippen LogP contribution in [0.3, 0.4) is 0 Å². The van der Waals surface area contributed by atoms with Gasteiger partial charge in [0.15, 0.2) is 0 Å². The Labute approximate surface area is 189 Å². The average molecular weight is 496 g/mol. The smallest absolute Gasteiger partial charge is 0.312 e. The zero-order valence-corrected chi connectivity index (χ0v) is 18.7. The fourth-order valence-electron chi connectivity index (χ4n) is 4.51. The molecule has 0 amide bonds. The molecule has 0 radical (unpaired) electrons. The molecular formula is C22H23F7N2OS. The Balaban J connectivity index is 0.00000149. The Kier molecular flexibility index (Phi) is 6.97. The molecule has 2 aliphatic rings. The van der Waals surface area contributed by atoms with Gasteiger partial charge in [0.1, 0.15) is 0 Å². The number of benzene rings is 1. The van der Waals surface area contributed by atoms with Crippen molar-refractivity contribution in [1.82, 2.24) is 10.3 Å². The number of rotatable bonds is 3. The van der Waals surface area contributed by atoms with Crippen molar-refractivity contribution in [3.05, 3.63) is 59.4 Å². The van der Waals surface area contributed by atoms with Crippen molar-refractivity contribution >= 4 is 10.8 Å². The molecule has 182 valence electrons. The number of alkyl halides is 7. The predicted octanol–water partition coefficient (Wildman–Crippen LogP) is 5.71. The lowest BCUT2D eigenvalue weighted by molar-refractivity contribution is -0.350. The highest BCUT2D eigenvalue weighted by atomic mass is 32.2. The molecule has 2 aromatic rings. The molecule has 33 heavy (non-hydrogen) atoms. The highest BCUT2D eigenvalue weighted by molar-refractivity contribution is 7.86. The molecule has 0 bridgehead atoms. The van der Waals surface area contributed by atoms with E-state index in [9.17, 15) is 34.9 Å². The first kappa shape index (κ1) is 25.6. The largest absolute Gasteiger partial charge is 0.437 e. The quantitative estimate of drug-likeness (QED) is 0.554. The molecule has 1 saturated heterocycles. The van der Waals surface area contributed by atoms with Crippen molar-refractivity contribution < 1.29 is 34.9 Å². The van der Waals surface area contributed by atoms with Crippen LogP contribution in [0.1, 0.15) is 43.6 Å². The van der Waals surface area contributed by atoms with Crippen molar-refractivity contribution in [3.63, 3.8) is 0 Å². The summed E-state index contributed by atoms with van der Waals surface area (Å²) in [5, 5.41) is 3.23. The fourth-order valence-corrected chi connectivity index (χ4v) is 6.46. The molecule has 11 heteroatoms. The van der Waals surface area contributed by atoms with Crippen LogP contribution < -0.4 is 5.32 Å². The standard InChI is InChI=1S/C20H17F7N2OS.C2H6/c21-18(19(22,23)24,20(25,26)27)16-8-6-13-14(29-16)7-9-15-17(13,10-11-28-15)31(30)12-4-2-1-3-5-12;1-2/h1-6,8,15,28H,7,9-11H2;1-2H3. The Hall–Kier alpha value is -2.01. The van der Waals surface area contributed by atoms with Crippen molar-refractivity contribution in [2.75, 3.05) is 6.54 Å². The van der Waals surface area contributed by atoms with Gasteiger partial charge in [0, 0.05) is 16.6 Å². The molecule has 0 saturated carbocycles. The Morgan fingerprint density at radius 3 is 2.15 bits per heavy atom. The number of nitrogens with one attached hydrogen (secondary N) is 1. The van der Waals surface area contributed by atoms with Crippen LogP contribution in [0.2, 0.25) is 0 Å². The highest BCUT2D eigenvalue weighted by Crippen LogP contribution is 2.54. The summed E-state index contributed by atoms with van der Waals surface area (Å²) in [4.78, 5) is 4.01. The molecule has 1 aliphatic carbocycles. The molecule has 1 aliphatic heterocycles. The number of aromatic nitrogens is 1. The summed E-state index contributed by atoms with van der Waals surface area (Å²) in [5.74, 6) is 0. The van der Waals surface area contributed by atoms with Gasteiger partial charge in [-0.25, -0.2) is 4.39 Å². The minimum absolute atomic E-state index is 0.0420. The van der Waals surface area contributed by atoms with Crippen molar-refractivity contribution in [3.8, 4) is 0 Å². The lowest BCUT2D eigenvalue weighted by atomic mass is 9.80. The van der Waals surface area contributed by atoms with Crippen LogP contribution in [0.25, 0.3) is 0 Å². The summed E-state index contributed by atoms with van der Waals surface area (Å²) in [6, 6.07) is 9.57. The summed E-state index contributed by atoms with van der Waals surface area (Å²) in [7, 11) is -1.66. The highest BCUT2D eigenvalue weighted by Gasteiger charge is 2.74. The average Bonchev–Trinajstić information content (AvgIpc) is 3.23. The van der Waals surface area contributed by atoms with E-state index in [1.165, 1.54) is 0 Å². The van der Waals surface area contributed by atoms with Crippen molar-refractivity contribution in [2.24, 2.45) is 0 Å². The topological polar surface area (TPSA) is 42.0 Å².